The predicted octanol–water partition coefficient (Wildman–Crippen LogP) is 3.66. The molecule has 1 amide bonds. The van der Waals surface area contributed by atoms with Crippen LogP contribution in [0.5, 0.6) is 5.75 Å². The summed E-state index contributed by atoms with van der Waals surface area (Å²) in [6, 6.07) is 15.3. The van der Waals surface area contributed by atoms with E-state index in [-0.39, 0.29) is 12.5 Å². The lowest BCUT2D eigenvalue weighted by Crippen LogP contribution is -2.33. The zero-order valence-corrected chi connectivity index (χ0v) is 15.2. The molecule has 0 fully saturated rings. The molecule has 0 saturated carbocycles. The third-order valence-corrected chi connectivity index (χ3v) is 4.58. The van der Waals surface area contributed by atoms with Crippen LogP contribution in [0.4, 0.5) is 5.69 Å². The number of para-hydroxylation sites is 1. The molecule has 1 aromatic heterocycles. The van der Waals surface area contributed by atoms with Crippen molar-refractivity contribution in [3.63, 3.8) is 0 Å². The van der Waals surface area contributed by atoms with Crippen LogP contribution in [0.25, 0.3) is 11.5 Å². The van der Waals surface area contributed by atoms with Crippen molar-refractivity contribution in [3.8, 4) is 17.2 Å². The van der Waals surface area contributed by atoms with E-state index in [1.807, 2.05) is 42.5 Å². The Morgan fingerprint density at radius 3 is 2.78 bits per heavy atom. The normalized spacial score (nSPS) is 12.9. The molecule has 1 aliphatic heterocycles. The van der Waals surface area contributed by atoms with Gasteiger partial charge in [0, 0.05) is 24.2 Å². The molecular weight excluding hydrogens is 342 g/mol. The van der Waals surface area contributed by atoms with E-state index in [4.69, 9.17) is 9.15 Å². The van der Waals surface area contributed by atoms with E-state index >= 15 is 0 Å². The molecule has 0 radical (unpaired) electrons. The topological polar surface area (TPSA) is 68.5 Å². The summed E-state index contributed by atoms with van der Waals surface area (Å²) in [5, 5.41) is 8.09. The number of aryl methyl sites for hydroxylation is 1. The number of nitrogens with zero attached hydrogens (tertiary/aromatic N) is 3. The standard InChI is InChI=1S/C21H21N3O3/c1-2-5-19-22-23-21(27-19)16-8-10-17(11-9-16)26-14-20(25)24-13-12-15-6-3-4-7-18(15)24/h3-4,6-11H,2,5,12-14H2,1H3. The fourth-order valence-corrected chi connectivity index (χ4v) is 3.20. The van der Waals surface area contributed by atoms with Gasteiger partial charge >= 0.3 is 0 Å². The van der Waals surface area contributed by atoms with Crippen LogP contribution in [0.2, 0.25) is 0 Å². The summed E-state index contributed by atoms with van der Waals surface area (Å²) < 4.78 is 11.3. The van der Waals surface area contributed by atoms with Crippen LogP contribution in [0.1, 0.15) is 24.8 Å². The molecule has 4 rings (SSSR count). The Morgan fingerprint density at radius 1 is 1.15 bits per heavy atom. The van der Waals surface area contributed by atoms with Gasteiger partial charge < -0.3 is 14.1 Å². The summed E-state index contributed by atoms with van der Waals surface area (Å²) >= 11 is 0. The molecule has 138 valence electrons. The zero-order valence-electron chi connectivity index (χ0n) is 15.2. The fraction of sp³-hybridized carbons (Fsp3) is 0.286. The third-order valence-electron chi connectivity index (χ3n) is 4.58. The first-order valence-electron chi connectivity index (χ1n) is 9.18. The van der Waals surface area contributed by atoms with Gasteiger partial charge in [0.15, 0.2) is 6.61 Å². The van der Waals surface area contributed by atoms with Gasteiger partial charge in [-0.25, -0.2) is 0 Å². The van der Waals surface area contributed by atoms with Gasteiger partial charge in [-0.1, -0.05) is 25.1 Å². The van der Waals surface area contributed by atoms with Gasteiger partial charge in [0.25, 0.3) is 5.91 Å². The largest absolute Gasteiger partial charge is 0.484 e. The van der Waals surface area contributed by atoms with E-state index in [2.05, 4.69) is 23.2 Å². The maximum atomic E-state index is 12.5. The summed E-state index contributed by atoms with van der Waals surface area (Å²) in [5.74, 6) is 1.73. The van der Waals surface area contributed by atoms with Gasteiger partial charge in [0.05, 0.1) is 0 Å². The summed E-state index contributed by atoms with van der Waals surface area (Å²) in [7, 11) is 0. The first kappa shape index (κ1) is 17.3. The second kappa shape index (κ2) is 7.61. The van der Waals surface area contributed by atoms with E-state index in [0.29, 0.717) is 24.1 Å². The minimum Gasteiger partial charge on any atom is -0.484 e. The Balaban J connectivity index is 1.37. The van der Waals surface area contributed by atoms with Gasteiger partial charge in [-0.05, 0) is 48.7 Å². The molecule has 0 unspecified atom stereocenters. The minimum absolute atomic E-state index is 0.00882. The van der Waals surface area contributed by atoms with E-state index in [1.165, 1.54) is 5.56 Å². The van der Waals surface area contributed by atoms with E-state index in [1.54, 1.807) is 4.90 Å². The third kappa shape index (κ3) is 3.69. The SMILES string of the molecule is CCCc1nnc(-c2ccc(OCC(=O)N3CCc4ccccc43)cc2)o1. The molecule has 1 aliphatic rings. The van der Waals surface area contributed by atoms with Gasteiger partial charge in [0.2, 0.25) is 11.8 Å². The molecule has 6 heteroatoms. The molecule has 3 aromatic rings. The number of carbonyl (C=O) groups is 1. The predicted molar refractivity (Wildman–Crippen MR) is 102 cm³/mol. The van der Waals surface area contributed by atoms with Gasteiger partial charge in [0.1, 0.15) is 5.75 Å². The lowest BCUT2D eigenvalue weighted by atomic mass is 10.2. The molecule has 0 N–H and O–H groups in total. The van der Waals surface area contributed by atoms with Crippen LogP contribution in [-0.2, 0) is 17.6 Å². The molecule has 0 spiro atoms. The summed E-state index contributed by atoms with van der Waals surface area (Å²) in [6.07, 6.45) is 2.63. The van der Waals surface area contributed by atoms with Crippen molar-refractivity contribution < 1.29 is 13.9 Å². The number of aromatic nitrogens is 2. The molecule has 0 bridgehead atoms. The number of ether oxygens (including phenoxy) is 1. The summed E-state index contributed by atoms with van der Waals surface area (Å²) in [5.41, 5.74) is 3.02. The van der Waals surface area contributed by atoms with Crippen molar-refractivity contribution in [1.29, 1.82) is 0 Å². The minimum atomic E-state index is -0.0369. The molecular formula is C21H21N3O3. The Bertz CT molecular complexity index is 934. The summed E-state index contributed by atoms with van der Waals surface area (Å²) in [4.78, 5) is 14.3. The van der Waals surface area contributed by atoms with Gasteiger partial charge in [-0.15, -0.1) is 10.2 Å². The lowest BCUT2D eigenvalue weighted by Gasteiger charge is -2.17. The monoisotopic (exact) mass is 363 g/mol. The van der Waals surface area contributed by atoms with E-state index < -0.39 is 0 Å². The molecule has 27 heavy (non-hydrogen) atoms. The molecule has 2 heterocycles. The Kier molecular flexibility index (Phi) is 4.87. The van der Waals surface area contributed by atoms with Crippen molar-refractivity contribution in [3.05, 3.63) is 60.0 Å². The second-order valence-corrected chi connectivity index (χ2v) is 6.49. The first-order valence-corrected chi connectivity index (χ1v) is 9.18. The molecule has 0 saturated heterocycles. The lowest BCUT2D eigenvalue weighted by molar-refractivity contribution is -0.120. The van der Waals surface area contributed by atoms with Crippen molar-refractivity contribution in [2.45, 2.75) is 26.2 Å². The number of fused-ring (bicyclic) bond motifs is 1. The average Bonchev–Trinajstić information content (AvgIpc) is 3.34. The number of hydrogen-bond acceptors (Lipinski definition) is 5. The Morgan fingerprint density at radius 2 is 1.96 bits per heavy atom. The molecule has 0 atom stereocenters. The smallest absolute Gasteiger partial charge is 0.264 e. The van der Waals surface area contributed by atoms with Crippen molar-refractivity contribution in [2.24, 2.45) is 0 Å². The maximum Gasteiger partial charge on any atom is 0.264 e. The van der Waals surface area contributed by atoms with Crippen molar-refractivity contribution >= 4 is 11.6 Å². The average molecular weight is 363 g/mol. The van der Waals surface area contributed by atoms with E-state index in [0.717, 1.165) is 30.5 Å². The highest BCUT2D eigenvalue weighted by molar-refractivity contribution is 5.96. The van der Waals surface area contributed by atoms with Crippen molar-refractivity contribution in [2.75, 3.05) is 18.1 Å². The van der Waals surface area contributed by atoms with Crippen LogP contribution in [0.3, 0.4) is 0 Å². The van der Waals surface area contributed by atoms with Crippen molar-refractivity contribution in [1.82, 2.24) is 10.2 Å². The van der Waals surface area contributed by atoms with Crippen LogP contribution in [0.15, 0.2) is 52.9 Å². The van der Waals surface area contributed by atoms with Gasteiger partial charge in [-0.3, -0.25) is 4.79 Å². The number of anilines is 1. The highest BCUT2D eigenvalue weighted by Crippen LogP contribution is 2.27. The summed E-state index contributed by atoms with van der Waals surface area (Å²) in [6.45, 7) is 2.78. The molecule has 0 aliphatic carbocycles. The number of benzene rings is 2. The van der Waals surface area contributed by atoms with Crippen LogP contribution >= 0.6 is 0 Å². The van der Waals surface area contributed by atoms with Crippen LogP contribution in [0, 0.1) is 0 Å². The highest BCUT2D eigenvalue weighted by atomic mass is 16.5. The quantitative estimate of drug-likeness (QED) is 0.669. The Hall–Kier alpha value is -3.15. The van der Waals surface area contributed by atoms with E-state index in [9.17, 15) is 4.79 Å². The molecule has 6 nitrogen and oxygen atoms in total. The fourth-order valence-electron chi connectivity index (χ4n) is 3.20. The first-order chi connectivity index (χ1) is 13.2. The van der Waals surface area contributed by atoms with Crippen LogP contribution < -0.4 is 9.64 Å². The molecule has 2 aromatic carbocycles. The highest BCUT2D eigenvalue weighted by Gasteiger charge is 2.24. The Labute approximate surface area is 157 Å². The zero-order chi connectivity index (χ0) is 18.6. The second-order valence-electron chi connectivity index (χ2n) is 6.49. The number of hydrogen-bond donors (Lipinski definition) is 0. The van der Waals surface area contributed by atoms with Gasteiger partial charge in [-0.2, -0.15) is 0 Å². The number of amides is 1. The number of rotatable bonds is 6. The maximum absolute atomic E-state index is 12.5. The number of carbonyl (C=O) groups excluding carboxylic acids is 1. The van der Waals surface area contributed by atoms with Crippen LogP contribution in [-0.4, -0.2) is 29.3 Å².